The van der Waals surface area contributed by atoms with Gasteiger partial charge in [0.25, 0.3) is 5.91 Å². The number of amides is 2. The van der Waals surface area contributed by atoms with Crippen LogP contribution in [0.1, 0.15) is 28.8 Å². The largest absolute Gasteiger partial charge is 0.488 e. The molecule has 1 aliphatic rings. The van der Waals surface area contributed by atoms with Crippen molar-refractivity contribution in [3.05, 3.63) is 76.8 Å². The molecule has 1 unspecified atom stereocenters. The lowest BCUT2D eigenvalue weighted by atomic mass is 10.1. The summed E-state index contributed by atoms with van der Waals surface area (Å²) >= 11 is 3.41. The van der Waals surface area contributed by atoms with Crippen molar-refractivity contribution in [3.63, 3.8) is 0 Å². The Labute approximate surface area is 201 Å². The van der Waals surface area contributed by atoms with Gasteiger partial charge in [0.15, 0.2) is 0 Å². The van der Waals surface area contributed by atoms with Crippen molar-refractivity contribution >= 4 is 33.7 Å². The summed E-state index contributed by atoms with van der Waals surface area (Å²) in [4.78, 5) is 39.5. The molecular weight excluding hydrogens is 488 g/mol. The molecule has 2 aromatic carbocycles. The van der Waals surface area contributed by atoms with Gasteiger partial charge in [0.05, 0.1) is 17.5 Å². The lowest BCUT2D eigenvalue weighted by Crippen LogP contribution is -2.57. The normalized spacial score (nSPS) is 15.5. The first-order valence-electron chi connectivity index (χ1n) is 10.8. The zero-order valence-electron chi connectivity index (χ0n) is 18.3. The first-order chi connectivity index (χ1) is 16.0. The van der Waals surface area contributed by atoms with Gasteiger partial charge in [0.1, 0.15) is 18.4 Å². The van der Waals surface area contributed by atoms with Crippen molar-refractivity contribution < 1.29 is 23.9 Å². The van der Waals surface area contributed by atoms with Crippen LogP contribution in [0.25, 0.3) is 0 Å². The van der Waals surface area contributed by atoms with Crippen LogP contribution >= 0.6 is 15.9 Å². The highest BCUT2D eigenvalue weighted by molar-refractivity contribution is 9.10. The van der Waals surface area contributed by atoms with Crippen LogP contribution in [0.5, 0.6) is 5.75 Å². The second kappa shape index (κ2) is 12.2. The van der Waals surface area contributed by atoms with Crippen LogP contribution in [-0.2, 0) is 20.7 Å². The van der Waals surface area contributed by atoms with Crippen LogP contribution in [0, 0.1) is 0 Å². The molecule has 1 fully saturated rings. The Morgan fingerprint density at radius 3 is 2.73 bits per heavy atom. The van der Waals surface area contributed by atoms with Crippen molar-refractivity contribution in [2.45, 2.75) is 25.3 Å². The number of benzene rings is 2. The number of piperazine rings is 1. The summed E-state index contributed by atoms with van der Waals surface area (Å²) in [6, 6.07) is 14.0. The van der Waals surface area contributed by atoms with E-state index in [0.717, 1.165) is 6.42 Å². The van der Waals surface area contributed by atoms with Gasteiger partial charge < -0.3 is 19.7 Å². The molecule has 174 valence electrons. The fourth-order valence-electron chi connectivity index (χ4n) is 3.55. The molecule has 0 spiro atoms. The fraction of sp³-hybridized carbons (Fsp3) is 0.320. The second-order valence-corrected chi connectivity index (χ2v) is 8.42. The lowest BCUT2D eigenvalue weighted by Gasteiger charge is -2.34. The number of rotatable bonds is 10. The van der Waals surface area contributed by atoms with Gasteiger partial charge in [0, 0.05) is 18.7 Å². The standard InChI is InChI=1S/C25H27BrN2O5/c1-2-14-32-22-11-10-19(16-20(22)26)25(31)28-13-12-27-24(30)21(28)17-23(29)33-15-6-9-18-7-4-3-5-8-18/h2-5,7-8,10-11,16,21H,1,6,9,12-15,17H2,(H,27,30). The summed E-state index contributed by atoms with van der Waals surface area (Å²) in [6.45, 7) is 4.85. The highest BCUT2D eigenvalue weighted by Crippen LogP contribution is 2.27. The molecule has 33 heavy (non-hydrogen) atoms. The molecule has 7 nitrogen and oxygen atoms in total. The molecule has 1 heterocycles. The van der Waals surface area contributed by atoms with Crippen molar-refractivity contribution in [1.82, 2.24) is 10.2 Å². The molecule has 0 aromatic heterocycles. The van der Waals surface area contributed by atoms with Gasteiger partial charge in [-0.3, -0.25) is 14.4 Å². The maximum absolute atomic E-state index is 13.1. The van der Waals surface area contributed by atoms with Gasteiger partial charge >= 0.3 is 5.97 Å². The number of hydrogen-bond acceptors (Lipinski definition) is 5. The van der Waals surface area contributed by atoms with Crippen LogP contribution < -0.4 is 10.1 Å². The molecule has 3 rings (SSSR count). The highest BCUT2D eigenvalue weighted by Gasteiger charge is 2.35. The molecule has 8 heteroatoms. The number of nitrogens with one attached hydrogen (secondary N) is 1. The number of esters is 1. The van der Waals surface area contributed by atoms with E-state index in [4.69, 9.17) is 9.47 Å². The average molecular weight is 515 g/mol. The molecule has 1 aliphatic heterocycles. The predicted molar refractivity (Wildman–Crippen MR) is 128 cm³/mol. The van der Waals surface area contributed by atoms with Crippen LogP contribution in [0.3, 0.4) is 0 Å². The Morgan fingerprint density at radius 2 is 2.00 bits per heavy atom. The third kappa shape index (κ3) is 6.92. The van der Waals surface area contributed by atoms with E-state index in [1.165, 1.54) is 10.5 Å². The summed E-state index contributed by atoms with van der Waals surface area (Å²) < 4.78 is 11.5. The first-order valence-corrected chi connectivity index (χ1v) is 11.6. The summed E-state index contributed by atoms with van der Waals surface area (Å²) in [7, 11) is 0. The summed E-state index contributed by atoms with van der Waals surface area (Å²) in [5.41, 5.74) is 1.56. The van der Waals surface area contributed by atoms with Gasteiger partial charge in [-0.25, -0.2) is 0 Å². The Bertz CT molecular complexity index is 996. The molecule has 0 bridgehead atoms. The average Bonchev–Trinajstić information content (AvgIpc) is 2.82. The molecule has 2 aromatic rings. The van der Waals surface area contributed by atoms with Crippen molar-refractivity contribution in [1.29, 1.82) is 0 Å². The minimum Gasteiger partial charge on any atom is -0.488 e. The number of carbonyl (C=O) groups excluding carboxylic acids is 3. The maximum atomic E-state index is 13.1. The van der Waals surface area contributed by atoms with E-state index < -0.39 is 12.0 Å². The number of nitrogens with zero attached hydrogens (tertiary/aromatic N) is 1. The third-order valence-corrected chi connectivity index (χ3v) is 5.82. The molecule has 1 N–H and O–H groups in total. The summed E-state index contributed by atoms with van der Waals surface area (Å²) in [5.74, 6) is -0.612. The van der Waals surface area contributed by atoms with E-state index in [-0.39, 0.29) is 24.8 Å². The van der Waals surface area contributed by atoms with E-state index >= 15 is 0 Å². The molecule has 0 aliphatic carbocycles. The van der Waals surface area contributed by atoms with Gasteiger partial charge in [-0.1, -0.05) is 43.0 Å². The van der Waals surface area contributed by atoms with Crippen LogP contribution in [0.2, 0.25) is 0 Å². The first kappa shape index (κ1) is 24.5. The monoisotopic (exact) mass is 514 g/mol. The van der Waals surface area contributed by atoms with E-state index in [0.29, 0.717) is 41.9 Å². The zero-order valence-corrected chi connectivity index (χ0v) is 19.9. The summed E-state index contributed by atoms with van der Waals surface area (Å²) in [5, 5.41) is 2.73. The molecule has 1 saturated heterocycles. The molecule has 2 amide bonds. The van der Waals surface area contributed by atoms with Crippen LogP contribution in [0.15, 0.2) is 65.7 Å². The lowest BCUT2D eigenvalue weighted by molar-refractivity contribution is -0.147. The number of halogens is 1. The molecule has 1 atom stereocenters. The van der Waals surface area contributed by atoms with Gasteiger partial charge in [-0.2, -0.15) is 0 Å². The molecule has 0 saturated carbocycles. The van der Waals surface area contributed by atoms with Crippen molar-refractivity contribution in [2.75, 3.05) is 26.3 Å². The fourth-order valence-corrected chi connectivity index (χ4v) is 4.04. The van der Waals surface area contributed by atoms with Crippen LogP contribution in [0.4, 0.5) is 0 Å². The minimum absolute atomic E-state index is 0.190. The van der Waals surface area contributed by atoms with E-state index in [2.05, 4.69) is 27.8 Å². The minimum atomic E-state index is -0.914. The van der Waals surface area contributed by atoms with E-state index in [1.54, 1.807) is 24.3 Å². The Balaban J connectivity index is 1.58. The maximum Gasteiger partial charge on any atom is 0.308 e. The smallest absolute Gasteiger partial charge is 0.308 e. The zero-order chi connectivity index (χ0) is 23.6. The third-order valence-electron chi connectivity index (χ3n) is 5.20. The number of aryl methyl sites for hydroxylation is 1. The second-order valence-electron chi connectivity index (χ2n) is 7.56. The Morgan fingerprint density at radius 1 is 1.21 bits per heavy atom. The van der Waals surface area contributed by atoms with Gasteiger partial charge in [0.2, 0.25) is 5.91 Å². The summed E-state index contributed by atoms with van der Waals surface area (Å²) in [6.07, 6.45) is 2.92. The van der Waals surface area contributed by atoms with Gasteiger partial charge in [-0.15, -0.1) is 0 Å². The topological polar surface area (TPSA) is 84.9 Å². The Hall–Kier alpha value is -3.13. The number of ether oxygens (including phenoxy) is 2. The number of hydrogen-bond donors (Lipinski definition) is 1. The van der Waals surface area contributed by atoms with Crippen LogP contribution in [-0.4, -0.2) is 55.0 Å². The Kier molecular flexibility index (Phi) is 9.06. The van der Waals surface area contributed by atoms with E-state index in [9.17, 15) is 14.4 Å². The number of carbonyl (C=O) groups is 3. The van der Waals surface area contributed by atoms with Crippen molar-refractivity contribution in [2.24, 2.45) is 0 Å². The highest BCUT2D eigenvalue weighted by atomic mass is 79.9. The predicted octanol–water partition coefficient (Wildman–Crippen LogP) is 3.52. The molecular formula is C25H27BrN2O5. The van der Waals surface area contributed by atoms with E-state index in [1.807, 2.05) is 30.3 Å². The molecule has 0 radical (unpaired) electrons. The van der Waals surface area contributed by atoms with Gasteiger partial charge in [-0.05, 0) is 52.5 Å². The quantitative estimate of drug-likeness (QED) is 0.298. The SMILES string of the molecule is C=CCOc1ccc(C(=O)N2CCNC(=O)C2CC(=O)OCCCc2ccccc2)cc1Br. The van der Waals surface area contributed by atoms with Crippen molar-refractivity contribution in [3.8, 4) is 5.75 Å².